The molecule has 0 saturated carbocycles. The van der Waals surface area contributed by atoms with Gasteiger partial charge in [-0.2, -0.15) is 0 Å². The van der Waals surface area contributed by atoms with Gasteiger partial charge in [0.15, 0.2) is 0 Å². The molecular formula is C14H12BrClFNO. The summed E-state index contributed by atoms with van der Waals surface area (Å²) in [5.74, 6) is 0.435. The molecule has 0 spiro atoms. The van der Waals surface area contributed by atoms with E-state index >= 15 is 0 Å². The molecular weight excluding hydrogens is 333 g/mol. The second kappa shape index (κ2) is 6.26. The maximum Gasteiger partial charge on any atom is 0.135 e. The normalized spacial score (nSPS) is 10.3. The van der Waals surface area contributed by atoms with Crippen molar-refractivity contribution in [2.75, 3.05) is 12.4 Å². The van der Waals surface area contributed by atoms with Crippen LogP contribution < -0.4 is 10.1 Å². The predicted molar refractivity (Wildman–Crippen MR) is 79.4 cm³/mol. The molecule has 0 bridgehead atoms. The molecule has 5 heteroatoms. The van der Waals surface area contributed by atoms with E-state index in [1.807, 2.05) is 18.2 Å². The number of rotatable bonds is 4. The van der Waals surface area contributed by atoms with Crippen LogP contribution in [0.4, 0.5) is 10.1 Å². The Hall–Kier alpha value is -1.26. The van der Waals surface area contributed by atoms with Crippen LogP contribution >= 0.6 is 27.5 Å². The van der Waals surface area contributed by atoms with Crippen LogP contribution in [-0.2, 0) is 6.54 Å². The summed E-state index contributed by atoms with van der Waals surface area (Å²) < 4.78 is 19.2. The van der Waals surface area contributed by atoms with Crippen LogP contribution in [0.15, 0.2) is 40.9 Å². The Morgan fingerprint density at radius 2 is 2.05 bits per heavy atom. The van der Waals surface area contributed by atoms with Crippen LogP contribution in [0.2, 0.25) is 5.02 Å². The summed E-state index contributed by atoms with van der Waals surface area (Å²) >= 11 is 9.39. The van der Waals surface area contributed by atoms with Crippen LogP contribution in [0.1, 0.15) is 5.56 Å². The molecule has 0 fully saturated rings. The van der Waals surface area contributed by atoms with Crippen molar-refractivity contribution in [1.29, 1.82) is 0 Å². The number of hydrogen-bond acceptors (Lipinski definition) is 2. The van der Waals surface area contributed by atoms with Gasteiger partial charge in [0.25, 0.3) is 0 Å². The zero-order chi connectivity index (χ0) is 13.8. The Bertz CT molecular complexity index is 592. The number of hydrogen-bond donors (Lipinski definition) is 1. The minimum atomic E-state index is -0.297. The lowest BCUT2D eigenvalue weighted by Crippen LogP contribution is -2.01. The van der Waals surface area contributed by atoms with Gasteiger partial charge >= 0.3 is 0 Å². The topological polar surface area (TPSA) is 21.3 Å². The molecule has 0 aliphatic rings. The maximum absolute atomic E-state index is 13.1. The van der Waals surface area contributed by atoms with E-state index in [2.05, 4.69) is 21.2 Å². The molecule has 0 aromatic heterocycles. The first-order valence-electron chi connectivity index (χ1n) is 5.61. The summed E-state index contributed by atoms with van der Waals surface area (Å²) in [6, 6.07) is 9.96. The average Bonchev–Trinajstić information content (AvgIpc) is 2.41. The Morgan fingerprint density at radius 1 is 1.26 bits per heavy atom. The van der Waals surface area contributed by atoms with E-state index in [0.717, 1.165) is 15.9 Å². The van der Waals surface area contributed by atoms with Crippen molar-refractivity contribution in [2.24, 2.45) is 0 Å². The summed E-state index contributed by atoms with van der Waals surface area (Å²) in [6.45, 7) is 0.446. The van der Waals surface area contributed by atoms with Crippen LogP contribution in [-0.4, -0.2) is 7.11 Å². The lowest BCUT2D eigenvalue weighted by atomic mass is 10.2. The quantitative estimate of drug-likeness (QED) is 0.855. The van der Waals surface area contributed by atoms with Gasteiger partial charge in [0.1, 0.15) is 11.6 Å². The number of nitrogens with one attached hydrogen (secondary N) is 1. The predicted octanol–water partition coefficient (Wildman–Crippen LogP) is 4.86. The summed E-state index contributed by atoms with van der Waals surface area (Å²) in [6.07, 6.45) is 0. The summed E-state index contributed by atoms with van der Waals surface area (Å²) in [5.41, 5.74) is 1.59. The first kappa shape index (κ1) is 14.2. The van der Waals surface area contributed by atoms with Crippen molar-refractivity contribution in [3.8, 4) is 5.75 Å². The molecule has 19 heavy (non-hydrogen) atoms. The third kappa shape index (κ3) is 3.61. The van der Waals surface area contributed by atoms with Crippen LogP contribution in [0, 0.1) is 5.82 Å². The van der Waals surface area contributed by atoms with Crippen molar-refractivity contribution >= 4 is 33.2 Å². The molecule has 0 aliphatic carbocycles. The lowest BCUT2D eigenvalue weighted by molar-refractivity contribution is 0.412. The van der Waals surface area contributed by atoms with Gasteiger partial charge in [-0.3, -0.25) is 0 Å². The fraction of sp³-hybridized carbons (Fsp3) is 0.143. The van der Waals surface area contributed by atoms with Gasteiger partial charge < -0.3 is 10.1 Å². The summed E-state index contributed by atoms with van der Waals surface area (Å²) in [5, 5.41) is 3.72. The number of halogens is 3. The molecule has 2 rings (SSSR count). The van der Waals surface area contributed by atoms with Gasteiger partial charge in [-0.15, -0.1) is 0 Å². The first-order valence-corrected chi connectivity index (χ1v) is 6.78. The first-order chi connectivity index (χ1) is 9.10. The third-order valence-electron chi connectivity index (χ3n) is 2.64. The van der Waals surface area contributed by atoms with E-state index < -0.39 is 0 Å². The minimum Gasteiger partial charge on any atom is -0.495 e. The highest BCUT2D eigenvalue weighted by atomic mass is 79.9. The van der Waals surface area contributed by atoms with Crippen molar-refractivity contribution in [1.82, 2.24) is 0 Å². The largest absolute Gasteiger partial charge is 0.495 e. The van der Waals surface area contributed by atoms with E-state index in [4.69, 9.17) is 16.3 Å². The molecule has 100 valence electrons. The highest BCUT2D eigenvalue weighted by molar-refractivity contribution is 9.10. The fourth-order valence-corrected chi connectivity index (χ4v) is 2.24. The Balaban J connectivity index is 2.12. The maximum atomic E-state index is 13.1. The van der Waals surface area contributed by atoms with Crippen LogP contribution in [0.25, 0.3) is 0 Å². The third-order valence-corrected chi connectivity index (χ3v) is 3.67. The van der Waals surface area contributed by atoms with E-state index in [0.29, 0.717) is 17.1 Å². The zero-order valence-corrected chi connectivity index (χ0v) is 12.6. The monoisotopic (exact) mass is 343 g/mol. The van der Waals surface area contributed by atoms with Crippen molar-refractivity contribution < 1.29 is 9.13 Å². The van der Waals surface area contributed by atoms with Gasteiger partial charge in [0.2, 0.25) is 0 Å². The van der Waals surface area contributed by atoms with Gasteiger partial charge in [0, 0.05) is 23.3 Å². The van der Waals surface area contributed by atoms with E-state index in [1.165, 1.54) is 12.1 Å². The number of benzene rings is 2. The summed E-state index contributed by atoms with van der Waals surface area (Å²) in [4.78, 5) is 0. The highest BCUT2D eigenvalue weighted by Crippen LogP contribution is 2.28. The Morgan fingerprint density at radius 3 is 2.79 bits per heavy atom. The highest BCUT2D eigenvalue weighted by Gasteiger charge is 2.04. The lowest BCUT2D eigenvalue weighted by Gasteiger charge is -2.10. The fourth-order valence-electron chi connectivity index (χ4n) is 1.65. The molecule has 2 nitrogen and oxygen atoms in total. The molecule has 0 unspecified atom stereocenters. The molecule has 0 atom stereocenters. The van der Waals surface area contributed by atoms with Gasteiger partial charge in [-0.05, 0) is 51.8 Å². The second-order valence-electron chi connectivity index (χ2n) is 3.94. The van der Waals surface area contributed by atoms with Gasteiger partial charge in [0.05, 0.1) is 11.6 Å². The van der Waals surface area contributed by atoms with E-state index in [1.54, 1.807) is 13.2 Å². The standard InChI is InChI=1S/C14H12BrClFNO/c1-19-14-7-11(3-4-12(14)15)18-8-9-6-10(17)2-5-13(9)16/h2-7,18H,8H2,1H3. The molecule has 1 N–H and O–H groups in total. The van der Waals surface area contributed by atoms with E-state index in [9.17, 15) is 4.39 Å². The molecule has 0 heterocycles. The molecule has 0 radical (unpaired) electrons. The average molecular weight is 345 g/mol. The van der Waals surface area contributed by atoms with Crippen molar-refractivity contribution in [3.05, 3.63) is 57.3 Å². The van der Waals surface area contributed by atoms with E-state index in [-0.39, 0.29) is 5.82 Å². The molecule has 2 aromatic carbocycles. The van der Waals surface area contributed by atoms with Crippen LogP contribution in [0.5, 0.6) is 5.75 Å². The van der Waals surface area contributed by atoms with Crippen molar-refractivity contribution in [3.63, 3.8) is 0 Å². The molecule has 0 saturated heterocycles. The number of anilines is 1. The zero-order valence-electron chi connectivity index (χ0n) is 10.2. The van der Waals surface area contributed by atoms with Gasteiger partial charge in [-0.25, -0.2) is 4.39 Å². The molecule has 2 aromatic rings. The molecule has 0 aliphatic heterocycles. The van der Waals surface area contributed by atoms with Crippen molar-refractivity contribution in [2.45, 2.75) is 6.54 Å². The Labute approximate surface area is 124 Å². The van der Waals surface area contributed by atoms with Gasteiger partial charge in [-0.1, -0.05) is 11.6 Å². The second-order valence-corrected chi connectivity index (χ2v) is 5.20. The number of methoxy groups -OCH3 is 1. The minimum absolute atomic E-state index is 0.297. The Kier molecular flexibility index (Phi) is 4.66. The summed E-state index contributed by atoms with van der Waals surface area (Å²) in [7, 11) is 1.60. The SMILES string of the molecule is COc1cc(NCc2cc(F)ccc2Cl)ccc1Br. The number of ether oxygens (including phenoxy) is 1. The molecule has 0 amide bonds. The smallest absolute Gasteiger partial charge is 0.135 e. The van der Waals surface area contributed by atoms with Crippen LogP contribution in [0.3, 0.4) is 0 Å².